The first-order valence-corrected chi connectivity index (χ1v) is 6.87. The second-order valence-corrected chi connectivity index (χ2v) is 4.80. The van der Waals surface area contributed by atoms with E-state index in [0.717, 1.165) is 6.20 Å². The van der Waals surface area contributed by atoms with Crippen LogP contribution < -0.4 is 14.8 Å². The Bertz CT molecular complexity index is 903. The van der Waals surface area contributed by atoms with Gasteiger partial charge in [0.05, 0.1) is 5.69 Å². The molecular weight excluding hydrogens is 320 g/mol. The van der Waals surface area contributed by atoms with Gasteiger partial charge in [-0.1, -0.05) is 0 Å². The minimum Gasteiger partial charge on any atom is -0.619 e. The third kappa shape index (κ3) is 3.22. The van der Waals surface area contributed by atoms with Gasteiger partial charge < -0.3 is 15.3 Å². The highest BCUT2D eigenvalue weighted by molar-refractivity contribution is 6.09. The average molecular weight is 331 g/mol. The van der Waals surface area contributed by atoms with Crippen molar-refractivity contribution in [1.82, 2.24) is 4.98 Å². The van der Waals surface area contributed by atoms with Gasteiger partial charge in [0, 0.05) is 17.6 Å². The van der Waals surface area contributed by atoms with Crippen LogP contribution in [0, 0.1) is 5.21 Å². The van der Waals surface area contributed by atoms with E-state index in [-0.39, 0.29) is 16.8 Å². The van der Waals surface area contributed by atoms with Crippen molar-refractivity contribution in [2.45, 2.75) is 6.61 Å². The van der Waals surface area contributed by atoms with Gasteiger partial charge >= 0.3 is 6.61 Å². The summed E-state index contributed by atoms with van der Waals surface area (Å²) >= 11 is 0. The molecular formula is C16H11F2N3O3. The van der Waals surface area contributed by atoms with E-state index >= 15 is 0 Å². The first kappa shape index (κ1) is 15.6. The zero-order chi connectivity index (χ0) is 17.1. The normalized spacial score (nSPS) is 10.8. The number of pyridine rings is 2. The molecule has 0 atom stereocenters. The Balaban J connectivity index is 1.97. The van der Waals surface area contributed by atoms with E-state index in [0.29, 0.717) is 15.8 Å². The van der Waals surface area contributed by atoms with Crippen LogP contribution in [-0.4, -0.2) is 17.5 Å². The van der Waals surface area contributed by atoms with Crippen molar-refractivity contribution >= 4 is 22.5 Å². The fourth-order valence-corrected chi connectivity index (χ4v) is 2.23. The van der Waals surface area contributed by atoms with Crippen molar-refractivity contribution in [1.29, 1.82) is 0 Å². The summed E-state index contributed by atoms with van der Waals surface area (Å²) in [7, 11) is 0. The van der Waals surface area contributed by atoms with Crippen molar-refractivity contribution in [2.75, 3.05) is 5.32 Å². The topological polar surface area (TPSA) is 78.2 Å². The van der Waals surface area contributed by atoms with Crippen molar-refractivity contribution < 1.29 is 23.0 Å². The molecule has 122 valence electrons. The second kappa shape index (κ2) is 6.45. The standard InChI is InChI=1S/C16H11F2N3O3/c17-16(18)24-13-6-5-12(11-4-1-7-19-14(11)13)20-15(22)10-3-2-8-21(23)9-10/h1-9,16H,(H,20,22). The number of alkyl halides is 2. The molecule has 0 aliphatic carbocycles. The maximum Gasteiger partial charge on any atom is 0.387 e. The Hall–Kier alpha value is -3.29. The molecule has 0 saturated heterocycles. The predicted molar refractivity (Wildman–Crippen MR) is 81.7 cm³/mol. The summed E-state index contributed by atoms with van der Waals surface area (Å²) in [6, 6.07) is 8.90. The maximum absolute atomic E-state index is 12.5. The number of carbonyl (C=O) groups is 1. The molecule has 8 heteroatoms. The molecule has 1 aromatic carbocycles. The molecule has 1 N–H and O–H groups in total. The van der Waals surface area contributed by atoms with Gasteiger partial charge in [0.25, 0.3) is 5.91 Å². The first-order valence-electron chi connectivity index (χ1n) is 6.87. The molecule has 2 heterocycles. The van der Waals surface area contributed by atoms with Crippen molar-refractivity contribution in [3.8, 4) is 5.75 Å². The fraction of sp³-hybridized carbons (Fsp3) is 0.0625. The van der Waals surface area contributed by atoms with Crippen LogP contribution in [-0.2, 0) is 0 Å². The van der Waals surface area contributed by atoms with E-state index in [2.05, 4.69) is 15.0 Å². The number of aromatic nitrogens is 2. The van der Waals surface area contributed by atoms with E-state index in [1.807, 2.05) is 0 Å². The Morgan fingerprint density at radius 1 is 1.25 bits per heavy atom. The van der Waals surface area contributed by atoms with Gasteiger partial charge in [-0.15, -0.1) is 0 Å². The molecule has 0 aliphatic heterocycles. The summed E-state index contributed by atoms with van der Waals surface area (Å²) < 4.78 is 29.9. The summed E-state index contributed by atoms with van der Waals surface area (Å²) in [5.41, 5.74) is 0.728. The number of anilines is 1. The lowest BCUT2D eigenvalue weighted by atomic mass is 10.1. The summed E-state index contributed by atoms with van der Waals surface area (Å²) in [4.78, 5) is 16.3. The quantitative estimate of drug-likeness (QED) is 0.589. The summed E-state index contributed by atoms with van der Waals surface area (Å²) in [6.07, 6.45) is 3.82. The number of hydrogen-bond acceptors (Lipinski definition) is 4. The number of fused-ring (bicyclic) bond motifs is 1. The van der Waals surface area contributed by atoms with Gasteiger partial charge in [0.15, 0.2) is 18.1 Å². The third-order valence-corrected chi connectivity index (χ3v) is 3.23. The van der Waals surface area contributed by atoms with Gasteiger partial charge in [0.2, 0.25) is 0 Å². The van der Waals surface area contributed by atoms with Gasteiger partial charge in [0.1, 0.15) is 11.1 Å². The van der Waals surface area contributed by atoms with Gasteiger partial charge in [-0.2, -0.15) is 13.5 Å². The molecule has 3 aromatic rings. The summed E-state index contributed by atoms with van der Waals surface area (Å²) in [5.74, 6) is -0.594. The number of halogens is 2. The predicted octanol–water partition coefficient (Wildman–Crippen LogP) is 2.72. The molecule has 3 rings (SSSR count). The number of nitrogens with zero attached hydrogens (tertiary/aromatic N) is 2. The second-order valence-electron chi connectivity index (χ2n) is 4.80. The lowest BCUT2D eigenvalue weighted by Gasteiger charge is -2.12. The number of benzene rings is 1. The largest absolute Gasteiger partial charge is 0.619 e. The summed E-state index contributed by atoms with van der Waals surface area (Å²) in [6.45, 7) is -2.98. The highest BCUT2D eigenvalue weighted by Gasteiger charge is 2.15. The number of carbonyl (C=O) groups excluding carboxylic acids is 1. The molecule has 0 unspecified atom stereocenters. The van der Waals surface area contributed by atoms with Crippen molar-refractivity contribution in [2.24, 2.45) is 0 Å². The number of ether oxygens (including phenoxy) is 1. The molecule has 0 fully saturated rings. The van der Waals surface area contributed by atoms with E-state index in [9.17, 15) is 18.8 Å². The lowest BCUT2D eigenvalue weighted by Crippen LogP contribution is -2.27. The number of rotatable bonds is 4. The smallest absolute Gasteiger partial charge is 0.387 e. The number of hydrogen-bond donors (Lipinski definition) is 1. The van der Waals surface area contributed by atoms with Crippen LogP contribution >= 0.6 is 0 Å². The highest BCUT2D eigenvalue weighted by Crippen LogP contribution is 2.31. The fourth-order valence-electron chi connectivity index (χ4n) is 2.23. The van der Waals surface area contributed by atoms with Crippen LogP contribution in [0.1, 0.15) is 10.4 Å². The monoisotopic (exact) mass is 331 g/mol. The SMILES string of the molecule is O=C(Nc1ccc(OC(F)F)c2ncccc12)c1ccc[n+]([O-])c1. The summed E-state index contributed by atoms with van der Waals surface area (Å²) in [5, 5.41) is 14.3. The third-order valence-electron chi connectivity index (χ3n) is 3.23. The van der Waals surface area contributed by atoms with E-state index < -0.39 is 12.5 Å². The molecule has 6 nitrogen and oxygen atoms in total. The van der Waals surface area contributed by atoms with Gasteiger partial charge in [-0.05, 0) is 30.3 Å². The Morgan fingerprint density at radius 2 is 2.08 bits per heavy atom. The molecule has 2 aromatic heterocycles. The average Bonchev–Trinajstić information content (AvgIpc) is 2.56. The molecule has 1 amide bonds. The molecule has 0 bridgehead atoms. The van der Waals surface area contributed by atoms with Crippen LogP contribution in [0.25, 0.3) is 10.9 Å². The highest BCUT2D eigenvalue weighted by atomic mass is 19.3. The minimum absolute atomic E-state index is 0.0873. The van der Waals surface area contributed by atoms with Crippen LogP contribution in [0.15, 0.2) is 55.0 Å². The minimum atomic E-state index is -2.98. The molecule has 0 spiro atoms. The zero-order valence-electron chi connectivity index (χ0n) is 12.1. The van der Waals surface area contributed by atoms with Crippen molar-refractivity contribution in [3.63, 3.8) is 0 Å². The number of amides is 1. The van der Waals surface area contributed by atoms with Gasteiger partial charge in [-0.3, -0.25) is 9.78 Å². The van der Waals surface area contributed by atoms with E-state index in [1.54, 1.807) is 12.1 Å². The maximum atomic E-state index is 12.5. The molecule has 0 aliphatic rings. The Morgan fingerprint density at radius 3 is 2.83 bits per heavy atom. The van der Waals surface area contributed by atoms with Crippen LogP contribution in [0.2, 0.25) is 0 Å². The van der Waals surface area contributed by atoms with E-state index in [1.165, 1.54) is 36.7 Å². The van der Waals surface area contributed by atoms with Crippen LogP contribution in [0.5, 0.6) is 5.75 Å². The Kier molecular flexibility index (Phi) is 4.19. The lowest BCUT2D eigenvalue weighted by molar-refractivity contribution is -0.605. The van der Waals surface area contributed by atoms with Crippen LogP contribution in [0.3, 0.4) is 0 Å². The van der Waals surface area contributed by atoms with Crippen LogP contribution in [0.4, 0.5) is 14.5 Å². The van der Waals surface area contributed by atoms with Gasteiger partial charge in [-0.25, -0.2) is 0 Å². The molecule has 0 saturated carbocycles. The first-order chi connectivity index (χ1) is 11.5. The molecule has 24 heavy (non-hydrogen) atoms. The molecule has 0 radical (unpaired) electrons. The Labute approximate surface area is 134 Å². The zero-order valence-corrected chi connectivity index (χ0v) is 12.1. The van der Waals surface area contributed by atoms with Crippen molar-refractivity contribution in [3.05, 3.63) is 65.8 Å². The number of nitrogens with one attached hydrogen (secondary N) is 1. The van der Waals surface area contributed by atoms with E-state index in [4.69, 9.17) is 0 Å².